The summed E-state index contributed by atoms with van der Waals surface area (Å²) in [6.07, 6.45) is 6.71. The highest BCUT2D eigenvalue weighted by atomic mass is 16.6. The van der Waals surface area contributed by atoms with E-state index in [-0.39, 0.29) is 30.7 Å². The van der Waals surface area contributed by atoms with E-state index in [0.717, 1.165) is 31.2 Å². The van der Waals surface area contributed by atoms with Crippen LogP contribution in [-0.2, 0) is 22.6 Å². The van der Waals surface area contributed by atoms with Crippen LogP contribution in [0.3, 0.4) is 0 Å². The van der Waals surface area contributed by atoms with Gasteiger partial charge in [0, 0.05) is 25.2 Å². The van der Waals surface area contributed by atoms with Crippen molar-refractivity contribution >= 4 is 12.0 Å². The summed E-state index contributed by atoms with van der Waals surface area (Å²) < 4.78 is 5.46. The Balaban J connectivity index is 1.33. The molecule has 30 heavy (non-hydrogen) atoms. The molecule has 1 saturated heterocycles. The van der Waals surface area contributed by atoms with Crippen molar-refractivity contribution in [2.45, 2.75) is 44.4 Å². The first-order valence-corrected chi connectivity index (χ1v) is 10.7. The number of piperidine rings is 1. The van der Waals surface area contributed by atoms with E-state index in [4.69, 9.17) is 4.74 Å². The third-order valence-electron chi connectivity index (χ3n) is 5.95. The van der Waals surface area contributed by atoms with Crippen LogP contribution in [0.15, 0.2) is 72.8 Å². The lowest BCUT2D eigenvalue weighted by Crippen LogP contribution is -2.53. The monoisotopic (exact) mass is 404 g/mol. The van der Waals surface area contributed by atoms with Gasteiger partial charge in [0.05, 0.1) is 0 Å². The van der Waals surface area contributed by atoms with Crippen LogP contribution in [0.1, 0.15) is 30.4 Å². The summed E-state index contributed by atoms with van der Waals surface area (Å²) in [4.78, 5) is 29.0. The highest BCUT2D eigenvalue weighted by Crippen LogP contribution is 2.26. The van der Waals surface area contributed by atoms with E-state index in [1.165, 1.54) is 5.56 Å². The van der Waals surface area contributed by atoms with Crippen molar-refractivity contribution in [1.82, 2.24) is 9.80 Å². The van der Waals surface area contributed by atoms with Crippen LogP contribution in [0, 0.1) is 0 Å². The maximum Gasteiger partial charge on any atom is 0.410 e. The molecular formula is C25H28N2O3. The summed E-state index contributed by atoms with van der Waals surface area (Å²) in [6.45, 7) is 1.52. The van der Waals surface area contributed by atoms with Crippen molar-refractivity contribution in [3.8, 4) is 0 Å². The van der Waals surface area contributed by atoms with Gasteiger partial charge in [-0.25, -0.2) is 4.79 Å². The van der Waals surface area contributed by atoms with Gasteiger partial charge in [0.2, 0.25) is 5.91 Å². The Morgan fingerprint density at radius 1 is 0.933 bits per heavy atom. The number of carbonyl (C=O) groups is 2. The molecule has 2 heterocycles. The smallest absolute Gasteiger partial charge is 0.410 e. The zero-order valence-corrected chi connectivity index (χ0v) is 17.2. The number of ether oxygens (including phenoxy) is 1. The van der Waals surface area contributed by atoms with E-state index in [2.05, 4.69) is 17.0 Å². The summed E-state index contributed by atoms with van der Waals surface area (Å²) in [5, 5.41) is 0. The van der Waals surface area contributed by atoms with Crippen LogP contribution in [0.25, 0.3) is 0 Å². The standard InChI is InChI=1S/C25H28N2O3/c28-24-13-7-12-23(18-20-8-3-1-4-9-20)27(24)22-14-16-26(17-15-22)25(29)30-19-21-10-5-2-6-11-21/h1-11,13,22-23H,12,14-19H2. The normalized spacial score (nSPS) is 19.7. The average Bonchev–Trinajstić information content (AvgIpc) is 2.79. The Labute approximate surface area is 177 Å². The number of rotatable bonds is 5. The van der Waals surface area contributed by atoms with E-state index in [9.17, 15) is 9.59 Å². The fourth-order valence-electron chi connectivity index (χ4n) is 4.39. The number of likely N-dealkylation sites (tertiary alicyclic amines) is 1. The molecular weight excluding hydrogens is 376 g/mol. The molecule has 1 atom stereocenters. The highest BCUT2D eigenvalue weighted by Gasteiger charge is 2.34. The molecule has 2 aliphatic rings. The second-order valence-corrected chi connectivity index (χ2v) is 7.99. The molecule has 0 saturated carbocycles. The topological polar surface area (TPSA) is 49.9 Å². The average molecular weight is 405 g/mol. The van der Waals surface area contributed by atoms with Crippen LogP contribution in [0.5, 0.6) is 0 Å². The van der Waals surface area contributed by atoms with Crippen LogP contribution in [-0.4, -0.2) is 47.0 Å². The number of hydrogen-bond acceptors (Lipinski definition) is 3. The first-order chi connectivity index (χ1) is 14.7. The van der Waals surface area contributed by atoms with Gasteiger partial charge >= 0.3 is 6.09 Å². The molecule has 2 aromatic carbocycles. The fourth-order valence-corrected chi connectivity index (χ4v) is 4.39. The number of nitrogens with zero attached hydrogens (tertiary/aromatic N) is 2. The molecule has 156 valence electrons. The predicted octanol–water partition coefficient (Wildman–Crippen LogP) is 4.19. The summed E-state index contributed by atoms with van der Waals surface area (Å²) in [5.41, 5.74) is 2.23. The van der Waals surface area contributed by atoms with Crippen molar-refractivity contribution in [3.63, 3.8) is 0 Å². The van der Waals surface area contributed by atoms with E-state index in [0.29, 0.717) is 13.1 Å². The van der Waals surface area contributed by atoms with Gasteiger partial charge in [-0.1, -0.05) is 66.7 Å². The van der Waals surface area contributed by atoms with Gasteiger partial charge in [0.15, 0.2) is 0 Å². The zero-order valence-electron chi connectivity index (χ0n) is 17.2. The number of hydrogen-bond donors (Lipinski definition) is 0. The quantitative estimate of drug-likeness (QED) is 0.751. The molecule has 5 nitrogen and oxygen atoms in total. The molecule has 4 rings (SSSR count). The number of amides is 2. The Hall–Kier alpha value is -3.08. The van der Waals surface area contributed by atoms with E-state index < -0.39 is 0 Å². The van der Waals surface area contributed by atoms with Crippen molar-refractivity contribution in [3.05, 3.63) is 83.9 Å². The lowest BCUT2D eigenvalue weighted by atomic mass is 9.94. The first-order valence-electron chi connectivity index (χ1n) is 10.7. The first kappa shape index (κ1) is 20.2. The summed E-state index contributed by atoms with van der Waals surface area (Å²) in [7, 11) is 0. The van der Waals surface area contributed by atoms with Crippen LogP contribution < -0.4 is 0 Å². The summed E-state index contributed by atoms with van der Waals surface area (Å²) in [5.74, 6) is 0.0901. The molecule has 2 aliphatic heterocycles. The van der Waals surface area contributed by atoms with Crippen molar-refractivity contribution in [2.75, 3.05) is 13.1 Å². The largest absolute Gasteiger partial charge is 0.445 e. The van der Waals surface area contributed by atoms with Gasteiger partial charge in [-0.15, -0.1) is 0 Å². The van der Waals surface area contributed by atoms with Crippen LogP contribution in [0.2, 0.25) is 0 Å². The van der Waals surface area contributed by atoms with Gasteiger partial charge in [-0.3, -0.25) is 4.79 Å². The maximum absolute atomic E-state index is 12.7. The Morgan fingerprint density at radius 3 is 2.23 bits per heavy atom. The van der Waals surface area contributed by atoms with Gasteiger partial charge in [0.1, 0.15) is 6.61 Å². The third kappa shape index (κ3) is 4.90. The lowest BCUT2D eigenvalue weighted by Gasteiger charge is -2.43. The molecule has 0 radical (unpaired) electrons. The summed E-state index contributed by atoms with van der Waals surface area (Å²) >= 11 is 0. The highest BCUT2D eigenvalue weighted by molar-refractivity contribution is 5.89. The lowest BCUT2D eigenvalue weighted by molar-refractivity contribution is -0.132. The minimum Gasteiger partial charge on any atom is -0.445 e. The van der Waals surface area contributed by atoms with E-state index in [1.54, 1.807) is 11.0 Å². The predicted molar refractivity (Wildman–Crippen MR) is 116 cm³/mol. The van der Waals surface area contributed by atoms with Crippen LogP contribution in [0.4, 0.5) is 4.79 Å². The molecule has 5 heteroatoms. The SMILES string of the molecule is O=C(OCc1ccccc1)N1CCC(N2C(=O)C=CCC2Cc2ccccc2)CC1. The van der Waals surface area contributed by atoms with Gasteiger partial charge in [-0.05, 0) is 42.9 Å². The molecule has 0 spiro atoms. The maximum atomic E-state index is 12.7. The second kappa shape index (κ2) is 9.61. The molecule has 1 unspecified atom stereocenters. The Kier molecular flexibility index (Phi) is 6.47. The van der Waals surface area contributed by atoms with Crippen molar-refractivity contribution in [2.24, 2.45) is 0 Å². The molecule has 0 aliphatic carbocycles. The minimum atomic E-state index is -0.275. The van der Waals surface area contributed by atoms with Gasteiger partial charge in [-0.2, -0.15) is 0 Å². The minimum absolute atomic E-state index is 0.0901. The summed E-state index contributed by atoms with van der Waals surface area (Å²) in [6, 6.07) is 20.4. The van der Waals surface area contributed by atoms with Crippen LogP contribution >= 0.6 is 0 Å². The fraction of sp³-hybridized carbons (Fsp3) is 0.360. The molecule has 0 N–H and O–H groups in total. The van der Waals surface area contributed by atoms with Gasteiger partial charge in [0.25, 0.3) is 0 Å². The zero-order chi connectivity index (χ0) is 20.8. The molecule has 0 bridgehead atoms. The van der Waals surface area contributed by atoms with E-state index in [1.807, 2.05) is 54.6 Å². The van der Waals surface area contributed by atoms with Crippen molar-refractivity contribution < 1.29 is 14.3 Å². The number of benzene rings is 2. The second-order valence-electron chi connectivity index (χ2n) is 7.99. The Bertz CT molecular complexity index is 874. The molecule has 2 aromatic rings. The van der Waals surface area contributed by atoms with E-state index >= 15 is 0 Å². The van der Waals surface area contributed by atoms with Crippen molar-refractivity contribution in [1.29, 1.82) is 0 Å². The Morgan fingerprint density at radius 2 is 1.57 bits per heavy atom. The molecule has 1 fully saturated rings. The number of carbonyl (C=O) groups excluding carboxylic acids is 2. The molecule has 0 aromatic heterocycles. The van der Waals surface area contributed by atoms with Gasteiger partial charge < -0.3 is 14.5 Å². The molecule has 2 amide bonds. The third-order valence-corrected chi connectivity index (χ3v) is 5.95.